The standard InChI is InChI=1S/C18H14Cl2O4/c1-8-4-12-15(9(2)16(8)20)18(22)14(24-12)7-10-5-11(19)17(21)13(6-10)23-3/h4-7,21H,1-3H3/b14-7-. The Balaban J connectivity index is 2.07. The van der Waals surface area contributed by atoms with Crippen molar-refractivity contribution in [3.8, 4) is 17.2 Å². The molecule has 1 aliphatic heterocycles. The van der Waals surface area contributed by atoms with Crippen molar-refractivity contribution in [3.63, 3.8) is 0 Å². The van der Waals surface area contributed by atoms with Crippen LogP contribution >= 0.6 is 23.2 Å². The molecule has 0 atom stereocenters. The third-order valence-corrected chi connectivity index (χ3v) is 4.75. The molecular weight excluding hydrogens is 351 g/mol. The van der Waals surface area contributed by atoms with Crippen LogP contribution in [-0.2, 0) is 0 Å². The number of hydrogen-bond donors (Lipinski definition) is 1. The van der Waals surface area contributed by atoms with Gasteiger partial charge in [0.25, 0.3) is 0 Å². The summed E-state index contributed by atoms with van der Waals surface area (Å²) in [5.41, 5.74) is 2.58. The van der Waals surface area contributed by atoms with Crippen molar-refractivity contribution in [1.82, 2.24) is 0 Å². The number of Topliss-reactive ketones (excluding diaryl/α,β-unsaturated/α-hetero) is 1. The number of rotatable bonds is 2. The van der Waals surface area contributed by atoms with Crippen molar-refractivity contribution >= 4 is 35.1 Å². The first-order chi connectivity index (χ1) is 11.3. The highest BCUT2D eigenvalue weighted by atomic mass is 35.5. The Labute approximate surface area is 149 Å². The lowest BCUT2D eigenvalue weighted by Gasteiger charge is -2.07. The maximum absolute atomic E-state index is 12.6. The van der Waals surface area contributed by atoms with E-state index < -0.39 is 0 Å². The molecule has 2 aromatic carbocycles. The zero-order chi connectivity index (χ0) is 17.6. The lowest BCUT2D eigenvalue weighted by atomic mass is 10.0. The molecule has 0 saturated heterocycles. The van der Waals surface area contributed by atoms with Crippen LogP contribution in [0.25, 0.3) is 6.08 Å². The second kappa shape index (κ2) is 6.04. The maximum Gasteiger partial charge on any atom is 0.232 e. The molecule has 1 N–H and O–H groups in total. The second-order valence-corrected chi connectivity index (χ2v) is 6.28. The molecule has 0 bridgehead atoms. The van der Waals surface area contributed by atoms with Crippen LogP contribution in [0.2, 0.25) is 10.0 Å². The Kier molecular flexibility index (Phi) is 4.20. The Morgan fingerprint density at radius 2 is 1.92 bits per heavy atom. The zero-order valence-electron chi connectivity index (χ0n) is 13.2. The van der Waals surface area contributed by atoms with Gasteiger partial charge in [0.05, 0.1) is 17.7 Å². The van der Waals surface area contributed by atoms with Crippen molar-refractivity contribution in [2.45, 2.75) is 13.8 Å². The van der Waals surface area contributed by atoms with E-state index in [-0.39, 0.29) is 28.1 Å². The number of halogens is 2. The summed E-state index contributed by atoms with van der Waals surface area (Å²) < 4.78 is 10.8. The van der Waals surface area contributed by atoms with Crippen LogP contribution in [0.4, 0.5) is 0 Å². The summed E-state index contributed by atoms with van der Waals surface area (Å²) in [5, 5.41) is 10.5. The van der Waals surface area contributed by atoms with Crippen LogP contribution < -0.4 is 9.47 Å². The Morgan fingerprint density at radius 3 is 2.58 bits per heavy atom. The topological polar surface area (TPSA) is 55.8 Å². The fourth-order valence-corrected chi connectivity index (χ4v) is 3.02. The number of phenols is 1. The van der Waals surface area contributed by atoms with Gasteiger partial charge in [-0.2, -0.15) is 0 Å². The minimum atomic E-state index is -0.243. The number of ether oxygens (including phenoxy) is 2. The normalized spacial score (nSPS) is 14.7. The third-order valence-electron chi connectivity index (χ3n) is 3.88. The molecule has 3 rings (SSSR count). The third kappa shape index (κ3) is 2.62. The average molecular weight is 365 g/mol. The Bertz CT molecular complexity index is 901. The Hall–Kier alpha value is -2.17. The van der Waals surface area contributed by atoms with Crippen LogP contribution in [0.5, 0.6) is 17.2 Å². The van der Waals surface area contributed by atoms with Gasteiger partial charge in [0.2, 0.25) is 5.78 Å². The van der Waals surface area contributed by atoms with Crippen LogP contribution in [-0.4, -0.2) is 18.0 Å². The van der Waals surface area contributed by atoms with E-state index in [2.05, 4.69) is 0 Å². The molecule has 0 aromatic heterocycles. The van der Waals surface area contributed by atoms with Gasteiger partial charge in [0.15, 0.2) is 17.3 Å². The Morgan fingerprint density at radius 1 is 1.21 bits per heavy atom. The van der Waals surface area contributed by atoms with E-state index in [4.69, 9.17) is 32.7 Å². The van der Waals surface area contributed by atoms with Crippen molar-refractivity contribution in [2.75, 3.05) is 7.11 Å². The molecular formula is C18H14Cl2O4. The number of carbonyl (C=O) groups is 1. The van der Waals surface area contributed by atoms with Crippen LogP contribution in [0, 0.1) is 13.8 Å². The number of benzene rings is 2. The number of aryl methyl sites for hydroxylation is 1. The van der Waals surface area contributed by atoms with Gasteiger partial charge in [-0.15, -0.1) is 0 Å². The molecule has 0 aliphatic carbocycles. The predicted molar refractivity (Wildman–Crippen MR) is 93.5 cm³/mol. The summed E-state index contributed by atoms with van der Waals surface area (Å²) >= 11 is 12.2. The van der Waals surface area contributed by atoms with Gasteiger partial charge in [-0.3, -0.25) is 4.79 Å². The van der Waals surface area contributed by atoms with Crippen LogP contribution in [0.3, 0.4) is 0 Å². The number of carbonyl (C=O) groups excluding carboxylic acids is 1. The number of phenolic OH excluding ortho intramolecular Hbond substituents is 1. The first kappa shape index (κ1) is 16.7. The molecule has 1 aliphatic rings. The molecule has 0 fully saturated rings. The van der Waals surface area contributed by atoms with Gasteiger partial charge in [0.1, 0.15) is 5.75 Å². The lowest BCUT2D eigenvalue weighted by molar-refractivity contribution is 0.101. The van der Waals surface area contributed by atoms with Crippen molar-refractivity contribution in [1.29, 1.82) is 0 Å². The molecule has 4 nitrogen and oxygen atoms in total. The van der Waals surface area contributed by atoms with Gasteiger partial charge in [0, 0.05) is 5.02 Å². The van der Waals surface area contributed by atoms with Crippen molar-refractivity contribution < 1.29 is 19.4 Å². The highest BCUT2D eigenvalue weighted by molar-refractivity contribution is 6.33. The first-order valence-corrected chi connectivity index (χ1v) is 7.89. The first-order valence-electron chi connectivity index (χ1n) is 7.14. The maximum atomic E-state index is 12.6. The summed E-state index contributed by atoms with van der Waals surface area (Å²) in [4.78, 5) is 12.6. The van der Waals surface area contributed by atoms with Gasteiger partial charge in [-0.05, 0) is 54.8 Å². The van der Waals surface area contributed by atoms with Crippen molar-refractivity contribution in [3.05, 3.63) is 56.3 Å². The molecule has 124 valence electrons. The number of ketones is 1. The molecule has 1 heterocycles. The highest BCUT2D eigenvalue weighted by Crippen LogP contribution is 2.40. The van der Waals surface area contributed by atoms with E-state index in [1.807, 2.05) is 6.92 Å². The summed E-state index contributed by atoms with van der Waals surface area (Å²) in [7, 11) is 1.42. The van der Waals surface area contributed by atoms with Crippen molar-refractivity contribution in [2.24, 2.45) is 0 Å². The number of hydrogen-bond acceptors (Lipinski definition) is 4. The highest BCUT2D eigenvalue weighted by Gasteiger charge is 2.31. The lowest BCUT2D eigenvalue weighted by Crippen LogP contribution is -2.00. The van der Waals surface area contributed by atoms with Gasteiger partial charge in [-0.1, -0.05) is 23.2 Å². The summed E-state index contributed by atoms with van der Waals surface area (Å²) in [6, 6.07) is 4.84. The van der Waals surface area contributed by atoms with Gasteiger partial charge < -0.3 is 14.6 Å². The van der Waals surface area contributed by atoms with E-state index >= 15 is 0 Å². The average Bonchev–Trinajstić information content (AvgIpc) is 2.84. The molecule has 2 aromatic rings. The molecule has 0 spiro atoms. The zero-order valence-corrected chi connectivity index (χ0v) is 14.7. The number of allylic oxidation sites excluding steroid dienone is 1. The largest absolute Gasteiger partial charge is 0.503 e. The van der Waals surface area contributed by atoms with E-state index in [0.717, 1.165) is 5.56 Å². The fraction of sp³-hybridized carbons (Fsp3) is 0.167. The van der Waals surface area contributed by atoms with Gasteiger partial charge in [-0.25, -0.2) is 0 Å². The van der Waals surface area contributed by atoms with E-state index in [9.17, 15) is 9.90 Å². The number of aromatic hydroxyl groups is 1. The van der Waals surface area contributed by atoms with Crippen LogP contribution in [0.15, 0.2) is 24.0 Å². The molecule has 6 heteroatoms. The molecule has 0 amide bonds. The number of fused-ring (bicyclic) bond motifs is 1. The molecule has 0 radical (unpaired) electrons. The molecule has 24 heavy (non-hydrogen) atoms. The summed E-state index contributed by atoms with van der Waals surface area (Å²) in [6.45, 7) is 3.65. The minimum absolute atomic E-state index is 0.124. The van der Waals surface area contributed by atoms with E-state index in [1.54, 1.807) is 25.1 Å². The quantitative estimate of drug-likeness (QED) is 0.766. The van der Waals surface area contributed by atoms with E-state index in [1.165, 1.54) is 13.2 Å². The SMILES string of the molecule is COc1cc(/C=C2\Oc3cc(C)c(Cl)c(C)c3C2=O)cc(Cl)c1O. The number of methoxy groups -OCH3 is 1. The van der Waals surface area contributed by atoms with Gasteiger partial charge >= 0.3 is 0 Å². The van der Waals surface area contributed by atoms with E-state index in [0.29, 0.717) is 27.5 Å². The molecule has 0 unspecified atom stereocenters. The summed E-state index contributed by atoms with van der Waals surface area (Å²) in [5.74, 6) is 0.475. The fourth-order valence-electron chi connectivity index (χ4n) is 2.65. The molecule has 0 saturated carbocycles. The minimum Gasteiger partial charge on any atom is -0.503 e. The predicted octanol–water partition coefficient (Wildman–Crippen LogP) is 4.94. The monoisotopic (exact) mass is 364 g/mol. The smallest absolute Gasteiger partial charge is 0.232 e. The summed E-state index contributed by atoms with van der Waals surface area (Å²) in [6.07, 6.45) is 1.55. The van der Waals surface area contributed by atoms with Crippen LogP contribution in [0.1, 0.15) is 27.0 Å². The second-order valence-electron chi connectivity index (χ2n) is 5.50.